The van der Waals surface area contributed by atoms with Gasteiger partial charge in [0.2, 0.25) is 0 Å². The van der Waals surface area contributed by atoms with Gasteiger partial charge >= 0.3 is 5.97 Å². The van der Waals surface area contributed by atoms with Gasteiger partial charge in [-0.15, -0.1) is 0 Å². The Balaban J connectivity index is 1.54. The van der Waals surface area contributed by atoms with Gasteiger partial charge in [0.1, 0.15) is 12.3 Å². The van der Waals surface area contributed by atoms with Crippen molar-refractivity contribution in [3.63, 3.8) is 0 Å². The molecule has 0 saturated heterocycles. The Morgan fingerprint density at radius 1 is 1.12 bits per heavy atom. The van der Waals surface area contributed by atoms with Crippen LogP contribution in [0.3, 0.4) is 0 Å². The van der Waals surface area contributed by atoms with Crippen molar-refractivity contribution in [1.82, 2.24) is 0 Å². The van der Waals surface area contributed by atoms with Crippen LogP contribution in [-0.2, 0) is 11.2 Å². The van der Waals surface area contributed by atoms with Crippen molar-refractivity contribution in [2.45, 2.75) is 69.8 Å². The smallest absolute Gasteiger partial charge is 0.306 e. The number of carboxylic acids is 1. The molecule has 3 aliphatic rings. The van der Waals surface area contributed by atoms with Crippen LogP contribution in [0.2, 0.25) is 5.02 Å². The van der Waals surface area contributed by atoms with Gasteiger partial charge in [0.25, 0.3) is 0 Å². The minimum absolute atomic E-state index is 0.0547. The maximum atomic E-state index is 11.7. The second-order valence-electron chi connectivity index (χ2n) is 9.42. The number of aliphatic hydroxyl groups excluding tert-OH is 1. The maximum Gasteiger partial charge on any atom is 0.306 e. The molecule has 0 spiro atoms. The highest BCUT2D eigenvalue weighted by Gasteiger charge is 2.42. The third-order valence-corrected chi connectivity index (χ3v) is 7.54. The van der Waals surface area contributed by atoms with E-state index < -0.39 is 12.1 Å². The average molecular weight is 456 g/mol. The summed E-state index contributed by atoms with van der Waals surface area (Å²) in [7, 11) is 0. The van der Waals surface area contributed by atoms with Gasteiger partial charge in [0, 0.05) is 28.4 Å². The zero-order valence-electron chi connectivity index (χ0n) is 18.2. The number of carboxylic acid groups (broad SMARTS) is 1. The molecule has 1 aliphatic carbocycles. The summed E-state index contributed by atoms with van der Waals surface area (Å²) in [6.07, 6.45) is 3.98. The van der Waals surface area contributed by atoms with Crippen LogP contribution < -0.4 is 15.5 Å². The summed E-state index contributed by atoms with van der Waals surface area (Å²) in [4.78, 5) is 14.0. The van der Waals surface area contributed by atoms with Crippen LogP contribution in [0.15, 0.2) is 36.4 Å². The number of halogens is 1. The molecule has 5 atom stereocenters. The molecule has 2 aromatic rings. The number of hydrogen-bond acceptors (Lipinski definition) is 5. The Bertz CT molecular complexity index is 1010. The van der Waals surface area contributed by atoms with Crippen molar-refractivity contribution in [3.8, 4) is 0 Å². The van der Waals surface area contributed by atoms with Gasteiger partial charge in [-0.05, 0) is 68.9 Å². The van der Waals surface area contributed by atoms with Gasteiger partial charge < -0.3 is 25.7 Å². The maximum absolute atomic E-state index is 11.7. The number of rotatable bonds is 4. The number of hydrogen-bond donors (Lipinski definition) is 4. The summed E-state index contributed by atoms with van der Waals surface area (Å²) < 4.78 is 0. The molecule has 5 rings (SSSR count). The highest BCUT2D eigenvalue weighted by Crippen LogP contribution is 2.48. The predicted octanol–water partition coefficient (Wildman–Crippen LogP) is 5.02. The van der Waals surface area contributed by atoms with E-state index in [1.807, 2.05) is 12.1 Å². The molecule has 2 aromatic carbocycles. The Kier molecular flexibility index (Phi) is 5.68. The van der Waals surface area contributed by atoms with Gasteiger partial charge in [-0.1, -0.05) is 30.2 Å². The van der Waals surface area contributed by atoms with Gasteiger partial charge in [-0.2, -0.15) is 0 Å². The lowest BCUT2D eigenvalue weighted by Gasteiger charge is -2.40. The molecule has 0 bridgehead atoms. The topological polar surface area (TPSA) is 84.8 Å². The van der Waals surface area contributed by atoms with Gasteiger partial charge in [0.05, 0.1) is 17.3 Å². The van der Waals surface area contributed by atoms with Crippen LogP contribution in [0.1, 0.15) is 56.3 Å². The summed E-state index contributed by atoms with van der Waals surface area (Å²) in [5.74, 6) is -1.06. The van der Waals surface area contributed by atoms with Crippen LogP contribution in [-0.4, -0.2) is 34.4 Å². The van der Waals surface area contributed by atoms with Crippen molar-refractivity contribution in [3.05, 3.63) is 52.5 Å². The molecule has 0 radical (unpaired) electrons. The molecular weight excluding hydrogens is 426 g/mol. The second kappa shape index (κ2) is 8.49. The van der Waals surface area contributed by atoms with E-state index in [9.17, 15) is 15.0 Å². The number of carbonyl (C=O) groups is 1. The highest BCUT2D eigenvalue weighted by atomic mass is 35.5. The molecule has 1 fully saturated rings. The first-order chi connectivity index (χ1) is 15.4. The number of nitrogens with zero attached hydrogens (tertiary/aromatic N) is 1. The summed E-state index contributed by atoms with van der Waals surface area (Å²) in [6, 6.07) is 12.0. The minimum atomic E-state index is -0.781. The molecule has 2 aliphatic heterocycles. The van der Waals surface area contributed by atoms with Crippen LogP contribution in [0, 0.1) is 5.92 Å². The average Bonchev–Trinajstić information content (AvgIpc) is 3.19. The zero-order valence-corrected chi connectivity index (χ0v) is 19.0. The van der Waals surface area contributed by atoms with Crippen LogP contribution in [0.25, 0.3) is 0 Å². The van der Waals surface area contributed by atoms with Gasteiger partial charge in [-0.3, -0.25) is 4.79 Å². The SMILES string of the molecule is C[C@H]1CCc2c(ccc3c2NC(C(O)c2ccc(Cl)cc2)N3C2CCCC(C(=O)O)C2)N1. The monoisotopic (exact) mass is 455 g/mol. The Hall–Kier alpha value is -2.44. The Labute approximate surface area is 193 Å². The van der Waals surface area contributed by atoms with E-state index in [1.54, 1.807) is 12.1 Å². The third kappa shape index (κ3) is 3.80. The normalized spacial score (nSPS) is 27.7. The first kappa shape index (κ1) is 21.4. The predicted molar refractivity (Wildman–Crippen MR) is 128 cm³/mol. The lowest BCUT2D eigenvalue weighted by Crippen LogP contribution is -2.49. The lowest BCUT2D eigenvalue weighted by atomic mass is 9.84. The molecule has 7 heteroatoms. The van der Waals surface area contributed by atoms with E-state index in [1.165, 1.54) is 5.56 Å². The van der Waals surface area contributed by atoms with E-state index >= 15 is 0 Å². The quantitative estimate of drug-likeness (QED) is 0.518. The molecule has 4 unspecified atom stereocenters. The molecule has 1 saturated carbocycles. The van der Waals surface area contributed by atoms with Crippen LogP contribution in [0.5, 0.6) is 0 Å². The number of aliphatic carboxylic acids is 1. The Morgan fingerprint density at radius 2 is 1.91 bits per heavy atom. The molecule has 2 heterocycles. The van der Waals surface area contributed by atoms with Crippen molar-refractivity contribution in [2.75, 3.05) is 15.5 Å². The largest absolute Gasteiger partial charge is 0.481 e. The first-order valence-corrected chi connectivity index (χ1v) is 11.9. The first-order valence-electron chi connectivity index (χ1n) is 11.6. The molecular formula is C25H30ClN3O3. The summed E-state index contributed by atoms with van der Waals surface area (Å²) >= 11 is 6.07. The van der Waals surface area contributed by atoms with E-state index in [2.05, 4.69) is 34.6 Å². The molecule has 0 amide bonds. The van der Waals surface area contributed by atoms with Crippen LogP contribution >= 0.6 is 11.6 Å². The number of aliphatic hydroxyl groups is 1. The van der Waals surface area contributed by atoms with Crippen LogP contribution in [0.4, 0.5) is 17.1 Å². The van der Waals surface area contributed by atoms with E-state index in [-0.39, 0.29) is 18.1 Å². The summed E-state index contributed by atoms with van der Waals surface area (Å²) in [5.41, 5.74) is 5.31. The molecule has 4 N–H and O–H groups in total. The third-order valence-electron chi connectivity index (χ3n) is 7.29. The molecule has 170 valence electrons. The number of fused-ring (bicyclic) bond motifs is 3. The second-order valence-corrected chi connectivity index (χ2v) is 9.85. The van der Waals surface area contributed by atoms with Crippen molar-refractivity contribution in [1.29, 1.82) is 0 Å². The number of anilines is 3. The van der Waals surface area contributed by atoms with Gasteiger partial charge in [-0.25, -0.2) is 0 Å². The fraction of sp³-hybridized carbons (Fsp3) is 0.480. The zero-order chi connectivity index (χ0) is 22.4. The molecule has 0 aromatic heterocycles. The summed E-state index contributed by atoms with van der Waals surface area (Å²) in [6.45, 7) is 2.19. The fourth-order valence-electron chi connectivity index (χ4n) is 5.61. The highest BCUT2D eigenvalue weighted by molar-refractivity contribution is 6.30. The molecule has 6 nitrogen and oxygen atoms in total. The number of nitrogens with one attached hydrogen (secondary N) is 2. The van der Waals surface area contributed by atoms with E-state index in [4.69, 9.17) is 11.6 Å². The number of benzene rings is 2. The summed E-state index contributed by atoms with van der Waals surface area (Å²) in [5, 5.41) is 28.9. The van der Waals surface area contributed by atoms with Gasteiger partial charge in [0.15, 0.2) is 0 Å². The van der Waals surface area contributed by atoms with Crippen molar-refractivity contribution < 1.29 is 15.0 Å². The fourth-order valence-corrected chi connectivity index (χ4v) is 5.74. The molecule has 32 heavy (non-hydrogen) atoms. The minimum Gasteiger partial charge on any atom is -0.481 e. The Morgan fingerprint density at radius 3 is 2.66 bits per heavy atom. The standard InChI is InChI=1S/C25H30ClN3O3/c1-14-5-10-19-20(27-14)11-12-21-22(19)28-24(23(30)15-6-8-17(26)9-7-15)29(21)18-4-2-3-16(13-18)25(31)32/h6-9,11-12,14,16,18,23-24,27-28,30H,2-5,10,13H2,1H3,(H,31,32)/t14-,16?,18?,23?,24?/m0/s1. The van der Waals surface area contributed by atoms with E-state index in [0.29, 0.717) is 17.5 Å². The lowest BCUT2D eigenvalue weighted by molar-refractivity contribution is -0.143. The van der Waals surface area contributed by atoms with Crippen molar-refractivity contribution >= 4 is 34.6 Å². The van der Waals surface area contributed by atoms with Crippen molar-refractivity contribution in [2.24, 2.45) is 5.92 Å². The van der Waals surface area contributed by atoms with E-state index in [0.717, 1.165) is 54.7 Å².